The van der Waals surface area contributed by atoms with E-state index in [-0.39, 0.29) is 11.4 Å². The Labute approximate surface area is 190 Å². The summed E-state index contributed by atoms with van der Waals surface area (Å²) >= 11 is 1.52. The molecule has 1 aliphatic rings. The number of sulfonamides is 1. The Kier molecular flexibility index (Phi) is 6.54. The molecule has 0 bridgehead atoms. The second-order valence-corrected chi connectivity index (χ2v) is 10.2. The first-order chi connectivity index (χ1) is 15.3. The molecular formula is C22H22N2O6S2. The van der Waals surface area contributed by atoms with E-state index in [1.807, 2.05) is 37.3 Å². The molecule has 0 spiro atoms. The molecule has 32 heavy (non-hydrogen) atoms. The van der Waals surface area contributed by atoms with Crippen LogP contribution in [0.25, 0.3) is 11.5 Å². The smallest absolute Gasteiger partial charge is 0.450 e. The summed E-state index contributed by atoms with van der Waals surface area (Å²) in [4.78, 5) is 16.4. The van der Waals surface area contributed by atoms with Gasteiger partial charge >= 0.3 is 6.16 Å². The molecule has 1 N–H and O–H groups in total. The maximum Gasteiger partial charge on any atom is 0.507 e. The number of thioether (sulfide) groups is 1. The van der Waals surface area contributed by atoms with Crippen LogP contribution < -0.4 is 0 Å². The van der Waals surface area contributed by atoms with Crippen molar-refractivity contribution in [1.82, 2.24) is 9.29 Å². The van der Waals surface area contributed by atoms with E-state index in [2.05, 4.69) is 4.98 Å². The minimum absolute atomic E-state index is 0.103. The van der Waals surface area contributed by atoms with Crippen molar-refractivity contribution < 1.29 is 27.5 Å². The third kappa shape index (κ3) is 4.82. The van der Waals surface area contributed by atoms with Crippen molar-refractivity contribution >= 4 is 27.9 Å². The van der Waals surface area contributed by atoms with E-state index in [4.69, 9.17) is 14.3 Å². The van der Waals surface area contributed by atoms with Gasteiger partial charge in [0.25, 0.3) is 0 Å². The van der Waals surface area contributed by atoms with Crippen LogP contribution in [0.1, 0.15) is 24.3 Å². The van der Waals surface area contributed by atoms with Gasteiger partial charge in [-0.2, -0.15) is 4.31 Å². The number of carbonyl (C=O) groups is 1. The van der Waals surface area contributed by atoms with Crippen LogP contribution in [0.2, 0.25) is 0 Å². The van der Waals surface area contributed by atoms with Crippen molar-refractivity contribution in [2.75, 3.05) is 6.54 Å². The zero-order valence-corrected chi connectivity index (χ0v) is 18.9. The molecule has 3 aromatic rings. The van der Waals surface area contributed by atoms with Crippen LogP contribution in [-0.2, 0) is 20.5 Å². The summed E-state index contributed by atoms with van der Waals surface area (Å²) in [6.45, 7) is 2.10. The van der Waals surface area contributed by atoms with Crippen molar-refractivity contribution in [1.29, 1.82) is 0 Å². The van der Waals surface area contributed by atoms with Gasteiger partial charge < -0.3 is 14.3 Å². The summed E-state index contributed by atoms with van der Waals surface area (Å²) in [7, 11) is -3.84. The van der Waals surface area contributed by atoms with Crippen LogP contribution in [0.5, 0.6) is 0 Å². The van der Waals surface area contributed by atoms with E-state index in [0.717, 1.165) is 26.2 Å². The van der Waals surface area contributed by atoms with E-state index >= 15 is 0 Å². The summed E-state index contributed by atoms with van der Waals surface area (Å²) in [6.07, 6.45) is -1.57. The highest BCUT2D eigenvalue weighted by molar-refractivity contribution is 7.98. The van der Waals surface area contributed by atoms with E-state index in [9.17, 15) is 13.2 Å². The Morgan fingerprint density at radius 3 is 2.62 bits per heavy atom. The minimum Gasteiger partial charge on any atom is -0.450 e. The molecule has 2 aromatic carbocycles. The largest absolute Gasteiger partial charge is 0.507 e. The van der Waals surface area contributed by atoms with Crippen LogP contribution in [-0.4, -0.2) is 41.7 Å². The molecule has 1 aliphatic heterocycles. The zero-order chi connectivity index (χ0) is 22.7. The molecule has 10 heteroatoms. The van der Waals surface area contributed by atoms with Gasteiger partial charge in [0.1, 0.15) is 5.76 Å². The van der Waals surface area contributed by atoms with Crippen LogP contribution in [0.3, 0.4) is 0 Å². The first-order valence-electron chi connectivity index (χ1n) is 10.0. The van der Waals surface area contributed by atoms with Gasteiger partial charge in [0.15, 0.2) is 6.23 Å². The number of aromatic nitrogens is 1. The molecular weight excluding hydrogens is 452 g/mol. The van der Waals surface area contributed by atoms with Crippen LogP contribution in [0.4, 0.5) is 4.79 Å². The number of hydrogen-bond donors (Lipinski definition) is 1. The number of benzene rings is 2. The summed E-state index contributed by atoms with van der Waals surface area (Å²) in [5.74, 6) is 1.90. The highest BCUT2D eigenvalue weighted by atomic mass is 32.2. The van der Waals surface area contributed by atoms with Crippen molar-refractivity contribution in [2.45, 2.75) is 41.5 Å². The Hall–Kier alpha value is -2.82. The monoisotopic (exact) mass is 474 g/mol. The maximum absolute atomic E-state index is 12.9. The fraction of sp³-hybridized carbons (Fsp3) is 0.273. The minimum atomic E-state index is -3.84. The lowest BCUT2D eigenvalue weighted by Gasteiger charge is -2.22. The maximum atomic E-state index is 12.9. The number of nitrogens with zero attached hydrogens (tertiary/aromatic N) is 2. The number of hydrogen-bond acceptors (Lipinski definition) is 7. The van der Waals surface area contributed by atoms with Crippen molar-refractivity contribution in [2.24, 2.45) is 0 Å². The third-order valence-electron chi connectivity index (χ3n) is 5.11. The van der Waals surface area contributed by atoms with E-state index in [1.165, 1.54) is 23.9 Å². The lowest BCUT2D eigenvalue weighted by atomic mass is 10.2. The topological polar surface area (TPSA) is 110 Å². The molecule has 1 saturated heterocycles. The summed E-state index contributed by atoms with van der Waals surface area (Å²) in [6, 6.07) is 16.2. The highest BCUT2D eigenvalue weighted by Gasteiger charge is 2.37. The first-order valence-corrected chi connectivity index (χ1v) is 12.4. The fourth-order valence-electron chi connectivity index (χ4n) is 3.48. The molecule has 1 aromatic heterocycles. The van der Waals surface area contributed by atoms with Gasteiger partial charge in [-0.05, 0) is 49.7 Å². The number of aryl methyl sites for hydroxylation is 1. The van der Waals surface area contributed by atoms with Gasteiger partial charge in [-0.15, -0.1) is 11.8 Å². The Morgan fingerprint density at radius 2 is 1.94 bits per heavy atom. The number of ether oxygens (including phenoxy) is 1. The Balaban J connectivity index is 1.43. The number of oxazole rings is 1. The van der Waals surface area contributed by atoms with Crippen molar-refractivity contribution in [3.05, 3.63) is 66.1 Å². The number of rotatable bonds is 7. The second-order valence-electron chi connectivity index (χ2n) is 7.24. The van der Waals surface area contributed by atoms with Gasteiger partial charge in [0.05, 0.1) is 10.6 Å². The molecule has 2 heterocycles. The molecule has 1 atom stereocenters. The number of carboxylic acid groups (broad SMARTS) is 1. The molecule has 4 rings (SSSR count). The van der Waals surface area contributed by atoms with Crippen LogP contribution >= 0.6 is 11.8 Å². The van der Waals surface area contributed by atoms with Crippen LogP contribution in [0.15, 0.2) is 68.8 Å². The standard InChI is InChI=1S/C22H22N2O6S2/c1-15-19(23-21(29-15)16-6-3-2-4-7-16)14-31-17-9-11-18(12-10-17)32(27,28)24-13-5-8-20(24)30-22(25)26/h2-4,6-7,9-12,20H,5,8,13-14H2,1H3,(H,25,26)/t20-/m1/s1. The van der Waals surface area contributed by atoms with Crippen molar-refractivity contribution in [3.8, 4) is 11.5 Å². The van der Waals surface area contributed by atoms with E-state index in [1.54, 1.807) is 12.1 Å². The lowest BCUT2D eigenvalue weighted by molar-refractivity contribution is 0.0170. The van der Waals surface area contributed by atoms with Crippen LogP contribution in [0, 0.1) is 6.92 Å². The molecule has 0 aliphatic carbocycles. The lowest BCUT2D eigenvalue weighted by Crippen LogP contribution is -2.38. The average Bonchev–Trinajstić information content (AvgIpc) is 3.39. The first kappa shape index (κ1) is 22.4. The Bertz CT molecular complexity index is 1190. The quantitative estimate of drug-likeness (QED) is 0.386. The summed E-state index contributed by atoms with van der Waals surface area (Å²) < 4.78 is 37.5. The average molecular weight is 475 g/mol. The normalized spacial score (nSPS) is 16.8. The third-order valence-corrected chi connectivity index (χ3v) is 8.03. The molecule has 8 nitrogen and oxygen atoms in total. The predicted molar refractivity (Wildman–Crippen MR) is 119 cm³/mol. The van der Waals surface area contributed by atoms with Gasteiger partial charge in [-0.1, -0.05) is 18.2 Å². The zero-order valence-electron chi connectivity index (χ0n) is 17.3. The van der Waals surface area contributed by atoms with Gasteiger partial charge in [-0.3, -0.25) is 0 Å². The molecule has 0 radical (unpaired) electrons. The van der Waals surface area contributed by atoms with E-state index in [0.29, 0.717) is 24.5 Å². The molecule has 0 amide bonds. The SMILES string of the molecule is Cc1oc(-c2ccccc2)nc1CSc1ccc(S(=O)(=O)N2CCC[C@H]2OC(=O)O)cc1. The fourth-order valence-corrected chi connectivity index (χ4v) is 5.96. The van der Waals surface area contributed by atoms with Gasteiger partial charge in [-0.25, -0.2) is 18.2 Å². The molecule has 168 valence electrons. The second kappa shape index (κ2) is 9.35. The summed E-state index contributed by atoms with van der Waals surface area (Å²) in [5, 5.41) is 8.84. The predicted octanol–water partition coefficient (Wildman–Crippen LogP) is 4.75. The van der Waals surface area contributed by atoms with E-state index < -0.39 is 22.4 Å². The van der Waals surface area contributed by atoms with Crippen molar-refractivity contribution in [3.63, 3.8) is 0 Å². The Morgan fingerprint density at radius 1 is 1.22 bits per heavy atom. The van der Waals surface area contributed by atoms with Gasteiger partial charge in [0, 0.05) is 29.2 Å². The summed E-state index contributed by atoms with van der Waals surface area (Å²) in [5.41, 5.74) is 1.74. The molecule has 1 fully saturated rings. The molecule has 0 unspecified atom stereocenters. The highest BCUT2D eigenvalue weighted by Crippen LogP contribution is 2.30. The van der Waals surface area contributed by atoms with Gasteiger partial charge in [0.2, 0.25) is 15.9 Å². The molecule has 0 saturated carbocycles.